The van der Waals surface area contributed by atoms with E-state index in [0.717, 1.165) is 16.5 Å². The molecule has 0 spiro atoms. The van der Waals surface area contributed by atoms with Crippen LogP contribution in [0.2, 0.25) is 0 Å². The lowest BCUT2D eigenvalue weighted by Gasteiger charge is -2.26. The zero-order valence-corrected chi connectivity index (χ0v) is 11.3. The average Bonchev–Trinajstić information content (AvgIpc) is 2.80. The Morgan fingerprint density at radius 1 is 1.24 bits per heavy atom. The van der Waals surface area contributed by atoms with Crippen molar-refractivity contribution in [3.05, 3.63) is 46.2 Å². The maximum Gasteiger partial charge on any atom is 0.248 e. The third kappa shape index (κ3) is 2.29. The highest BCUT2D eigenvalue weighted by molar-refractivity contribution is 5.92. The maximum absolute atomic E-state index is 12.1. The second kappa shape index (κ2) is 5.05. The second-order valence-electron chi connectivity index (χ2n) is 5.23. The summed E-state index contributed by atoms with van der Waals surface area (Å²) >= 11 is 0. The van der Waals surface area contributed by atoms with Crippen LogP contribution in [-0.2, 0) is 16.0 Å². The summed E-state index contributed by atoms with van der Waals surface area (Å²) in [7, 11) is 0. The van der Waals surface area contributed by atoms with Crippen molar-refractivity contribution in [2.75, 3.05) is 6.54 Å². The van der Waals surface area contributed by atoms with Crippen molar-refractivity contribution in [3.8, 4) is 0 Å². The summed E-state index contributed by atoms with van der Waals surface area (Å²) < 4.78 is 0. The number of nitrogens with one attached hydrogen (secondary N) is 3. The maximum atomic E-state index is 12.1. The number of hydrogen-bond donors (Lipinski definition) is 3. The first-order chi connectivity index (χ1) is 10.1. The molecular formula is C15H15N3O3. The largest absolute Gasteiger partial charge is 0.354 e. The Balaban J connectivity index is 2.06. The van der Waals surface area contributed by atoms with Crippen LogP contribution in [0.1, 0.15) is 12.0 Å². The van der Waals surface area contributed by atoms with E-state index in [4.69, 9.17) is 0 Å². The Labute approximate surface area is 120 Å². The predicted molar refractivity (Wildman–Crippen MR) is 77.8 cm³/mol. The Bertz CT molecular complexity index is 768. The second-order valence-corrected chi connectivity index (χ2v) is 5.23. The molecule has 3 N–H and O–H groups in total. The number of aromatic amines is 1. The fourth-order valence-electron chi connectivity index (χ4n) is 2.87. The van der Waals surface area contributed by atoms with Crippen molar-refractivity contribution in [3.63, 3.8) is 0 Å². The lowest BCUT2D eigenvalue weighted by Crippen LogP contribution is -2.52. The fraction of sp³-hybridized carbons (Fsp3) is 0.267. The van der Waals surface area contributed by atoms with Crippen LogP contribution < -0.4 is 16.2 Å². The molecule has 1 fully saturated rings. The number of hydrogen-bond acceptors (Lipinski definition) is 3. The molecule has 0 aliphatic carbocycles. The van der Waals surface area contributed by atoms with Crippen molar-refractivity contribution >= 4 is 23.2 Å². The molecule has 1 aromatic heterocycles. The van der Waals surface area contributed by atoms with Crippen molar-refractivity contribution < 1.29 is 9.59 Å². The standard InChI is InChI=1S/C15H15N3O3/c19-9-17-15(6-7-16-14(15)21)8-10-2-1-3-12-11(10)4-5-13(20)18-12/h1-5,9H,6-8H2,(H,16,21)(H,17,19)(H,18,20)/t15-/m1/s1. The molecule has 1 atom stereocenters. The first-order valence-corrected chi connectivity index (χ1v) is 6.75. The van der Waals surface area contributed by atoms with E-state index in [1.165, 1.54) is 6.07 Å². The van der Waals surface area contributed by atoms with Gasteiger partial charge in [0.2, 0.25) is 17.9 Å². The van der Waals surface area contributed by atoms with Crippen LogP contribution in [0.4, 0.5) is 0 Å². The van der Waals surface area contributed by atoms with E-state index >= 15 is 0 Å². The summed E-state index contributed by atoms with van der Waals surface area (Å²) in [4.78, 5) is 37.1. The number of carbonyl (C=O) groups is 2. The van der Waals surface area contributed by atoms with E-state index in [0.29, 0.717) is 25.8 Å². The predicted octanol–water partition coefficient (Wildman–Crippen LogP) is 0.0753. The van der Waals surface area contributed by atoms with Gasteiger partial charge >= 0.3 is 0 Å². The van der Waals surface area contributed by atoms with Gasteiger partial charge in [0.1, 0.15) is 5.54 Å². The number of carbonyl (C=O) groups excluding carboxylic acids is 2. The molecule has 0 radical (unpaired) electrons. The summed E-state index contributed by atoms with van der Waals surface area (Å²) in [6, 6.07) is 8.75. The minimum absolute atomic E-state index is 0.168. The molecule has 0 saturated carbocycles. The molecule has 0 bridgehead atoms. The first-order valence-electron chi connectivity index (χ1n) is 6.75. The van der Waals surface area contributed by atoms with E-state index < -0.39 is 5.54 Å². The zero-order chi connectivity index (χ0) is 14.9. The summed E-state index contributed by atoms with van der Waals surface area (Å²) in [6.07, 6.45) is 1.50. The van der Waals surface area contributed by atoms with Gasteiger partial charge in [-0.15, -0.1) is 0 Å². The number of amides is 2. The Morgan fingerprint density at radius 2 is 2.10 bits per heavy atom. The van der Waals surface area contributed by atoms with Gasteiger partial charge in [-0.2, -0.15) is 0 Å². The van der Waals surface area contributed by atoms with Crippen LogP contribution in [0.5, 0.6) is 0 Å². The number of fused-ring (bicyclic) bond motifs is 1. The number of rotatable bonds is 4. The van der Waals surface area contributed by atoms with Crippen LogP contribution in [0.25, 0.3) is 10.9 Å². The van der Waals surface area contributed by atoms with E-state index in [1.54, 1.807) is 6.07 Å². The third-order valence-corrected chi connectivity index (χ3v) is 3.96. The molecule has 0 unspecified atom stereocenters. The highest BCUT2D eigenvalue weighted by Gasteiger charge is 2.42. The summed E-state index contributed by atoms with van der Waals surface area (Å²) in [5, 5.41) is 6.30. The van der Waals surface area contributed by atoms with Gasteiger partial charge in [-0.1, -0.05) is 12.1 Å². The van der Waals surface area contributed by atoms with E-state index in [2.05, 4.69) is 15.6 Å². The molecule has 108 valence electrons. The lowest BCUT2D eigenvalue weighted by molar-refractivity contribution is -0.127. The molecule has 2 aromatic rings. The minimum atomic E-state index is -0.911. The summed E-state index contributed by atoms with van der Waals surface area (Å²) in [5.41, 5.74) is 0.556. The van der Waals surface area contributed by atoms with Crippen molar-refractivity contribution in [2.45, 2.75) is 18.4 Å². The molecule has 1 aliphatic rings. The molecule has 1 aliphatic heterocycles. The van der Waals surface area contributed by atoms with Crippen LogP contribution in [0.15, 0.2) is 35.1 Å². The topological polar surface area (TPSA) is 91.1 Å². The molecule has 21 heavy (non-hydrogen) atoms. The van der Waals surface area contributed by atoms with Gasteiger partial charge in [0.25, 0.3) is 0 Å². The van der Waals surface area contributed by atoms with Gasteiger partial charge in [-0.05, 0) is 24.1 Å². The van der Waals surface area contributed by atoms with Gasteiger partial charge in [0.15, 0.2) is 0 Å². The van der Waals surface area contributed by atoms with Crippen LogP contribution >= 0.6 is 0 Å². The van der Waals surface area contributed by atoms with Gasteiger partial charge in [-0.3, -0.25) is 14.4 Å². The van der Waals surface area contributed by atoms with Crippen molar-refractivity contribution in [2.24, 2.45) is 0 Å². The average molecular weight is 285 g/mol. The van der Waals surface area contributed by atoms with Gasteiger partial charge in [0, 0.05) is 29.9 Å². The normalized spacial score (nSPS) is 21.2. The fourth-order valence-corrected chi connectivity index (χ4v) is 2.87. The highest BCUT2D eigenvalue weighted by atomic mass is 16.2. The molecule has 2 amide bonds. The van der Waals surface area contributed by atoms with Crippen LogP contribution in [0.3, 0.4) is 0 Å². The Hall–Kier alpha value is -2.63. The van der Waals surface area contributed by atoms with Crippen LogP contribution in [-0.4, -0.2) is 29.4 Å². The zero-order valence-electron chi connectivity index (χ0n) is 11.3. The smallest absolute Gasteiger partial charge is 0.248 e. The molecular weight excluding hydrogens is 270 g/mol. The lowest BCUT2D eigenvalue weighted by atomic mass is 9.88. The molecule has 6 nitrogen and oxygen atoms in total. The van der Waals surface area contributed by atoms with Crippen molar-refractivity contribution in [1.82, 2.24) is 15.6 Å². The SMILES string of the molecule is O=CN[C@@]1(Cc2cccc3[nH]c(=O)ccc23)CCNC1=O. The van der Waals surface area contributed by atoms with Crippen LogP contribution in [0, 0.1) is 0 Å². The Morgan fingerprint density at radius 3 is 2.81 bits per heavy atom. The number of aromatic nitrogens is 1. The third-order valence-electron chi connectivity index (χ3n) is 3.96. The molecule has 6 heteroatoms. The number of pyridine rings is 1. The van der Waals surface area contributed by atoms with Gasteiger partial charge in [-0.25, -0.2) is 0 Å². The molecule has 1 aromatic carbocycles. The van der Waals surface area contributed by atoms with Gasteiger partial charge in [0.05, 0.1) is 0 Å². The number of H-pyrrole nitrogens is 1. The summed E-state index contributed by atoms with van der Waals surface area (Å²) in [6.45, 7) is 0.543. The Kier molecular flexibility index (Phi) is 3.21. The van der Waals surface area contributed by atoms with Gasteiger partial charge < -0.3 is 15.6 Å². The first kappa shape index (κ1) is 13.4. The highest BCUT2D eigenvalue weighted by Crippen LogP contribution is 2.25. The summed E-state index contributed by atoms with van der Waals surface area (Å²) in [5.74, 6) is -0.170. The molecule has 3 rings (SSSR count). The quantitative estimate of drug-likeness (QED) is 0.695. The van der Waals surface area contributed by atoms with E-state index in [9.17, 15) is 14.4 Å². The van der Waals surface area contributed by atoms with E-state index in [-0.39, 0.29) is 11.5 Å². The number of benzene rings is 1. The van der Waals surface area contributed by atoms with E-state index in [1.807, 2.05) is 18.2 Å². The monoisotopic (exact) mass is 285 g/mol. The molecule has 2 heterocycles. The van der Waals surface area contributed by atoms with Crippen molar-refractivity contribution in [1.29, 1.82) is 0 Å². The minimum Gasteiger partial charge on any atom is -0.354 e. The molecule has 1 saturated heterocycles.